The molecular weight excluding hydrogens is 356 g/mol. The average molecular weight is 380 g/mol. The maximum atomic E-state index is 12.5. The van der Waals surface area contributed by atoms with Gasteiger partial charge in [0.15, 0.2) is 17.3 Å². The molecule has 0 unspecified atom stereocenters. The molecule has 146 valence electrons. The van der Waals surface area contributed by atoms with Crippen LogP contribution in [-0.4, -0.2) is 34.4 Å². The Bertz CT molecular complexity index is 948. The summed E-state index contributed by atoms with van der Waals surface area (Å²) in [4.78, 5) is 14.8. The number of nitrogens with one attached hydrogen (secondary N) is 2. The first-order chi connectivity index (χ1) is 13.5. The number of aryl methyl sites for hydroxylation is 2. The molecule has 8 nitrogen and oxygen atoms in total. The van der Waals surface area contributed by atoms with Gasteiger partial charge in [-0.05, 0) is 63.6 Å². The van der Waals surface area contributed by atoms with Crippen molar-refractivity contribution in [2.45, 2.75) is 27.7 Å². The topological polar surface area (TPSA) is 96.2 Å². The molecule has 0 radical (unpaired) electrons. The van der Waals surface area contributed by atoms with Crippen LogP contribution in [0.4, 0.5) is 23.0 Å². The molecule has 2 N–H and O–H groups in total. The number of hydrogen-bond donors (Lipinski definition) is 2. The second-order valence-electron chi connectivity index (χ2n) is 6.38. The number of rotatable bonds is 7. The Kier molecular flexibility index (Phi) is 5.88. The first-order valence-corrected chi connectivity index (χ1v) is 9.21. The summed E-state index contributed by atoms with van der Waals surface area (Å²) in [5.41, 5.74) is 3.11. The van der Waals surface area contributed by atoms with Crippen molar-refractivity contribution < 1.29 is 9.32 Å². The molecule has 3 aromatic rings. The Morgan fingerprint density at radius 2 is 1.82 bits per heavy atom. The highest BCUT2D eigenvalue weighted by molar-refractivity contribution is 6.03. The smallest absolute Gasteiger partial charge is 0.276 e. The molecule has 0 saturated carbocycles. The largest absolute Gasteiger partial charge is 0.372 e. The lowest BCUT2D eigenvalue weighted by Gasteiger charge is -2.22. The minimum absolute atomic E-state index is 0.231. The van der Waals surface area contributed by atoms with Crippen LogP contribution < -0.4 is 15.5 Å². The van der Waals surface area contributed by atoms with Gasteiger partial charge in [0.05, 0.1) is 0 Å². The van der Waals surface area contributed by atoms with E-state index in [0.717, 1.165) is 30.0 Å². The number of carbonyl (C=O) groups is 1. The molecule has 2 aromatic heterocycles. The summed E-state index contributed by atoms with van der Waals surface area (Å²) in [5, 5.41) is 17.7. The molecule has 0 saturated heterocycles. The number of carbonyl (C=O) groups excluding carboxylic acids is 1. The lowest BCUT2D eigenvalue weighted by Crippen LogP contribution is -2.22. The van der Waals surface area contributed by atoms with E-state index in [9.17, 15) is 4.79 Å². The molecule has 0 aliphatic carbocycles. The van der Waals surface area contributed by atoms with Gasteiger partial charge >= 0.3 is 0 Å². The van der Waals surface area contributed by atoms with E-state index in [-0.39, 0.29) is 11.6 Å². The third-order valence-corrected chi connectivity index (χ3v) is 4.37. The van der Waals surface area contributed by atoms with Gasteiger partial charge in [-0.3, -0.25) is 4.79 Å². The SMILES string of the molecule is CCN(CC)c1ccc(NC(=O)c2ccc(Nc3cc(C)on3)nn2)c(C)c1. The van der Waals surface area contributed by atoms with Crippen molar-refractivity contribution in [1.29, 1.82) is 0 Å². The van der Waals surface area contributed by atoms with Gasteiger partial charge in [-0.25, -0.2) is 0 Å². The number of nitrogens with zero attached hydrogens (tertiary/aromatic N) is 4. The standard InChI is InChI=1S/C20H24N6O2/c1-5-26(6-2)15-7-8-16(13(3)11-15)21-20(27)17-9-10-18(24-23-17)22-19-12-14(4)28-25-19/h7-12H,5-6H2,1-4H3,(H,21,27)(H,22,24,25). The summed E-state index contributed by atoms with van der Waals surface area (Å²) in [7, 11) is 0. The highest BCUT2D eigenvalue weighted by atomic mass is 16.5. The van der Waals surface area contributed by atoms with Crippen LogP contribution in [0, 0.1) is 13.8 Å². The second kappa shape index (κ2) is 8.51. The van der Waals surface area contributed by atoms with E-state index in [4.69, 9.17) is 4.52 Å². The number of amides is 1. The Morgan fingerprint density at radius 1 is 1.04 bits per heavy atom. The van der Waals surface area contributed by atoms with Gasteiger partial charge in [-0.15, -0.1) is 10.2 Å². The van der Waals surface area contributed by atoms with Gasteiger partial charge in [0, 0.05) is 30.5 Å². The summed E-state index contributed by atoms with van der Waals surface area (Å²) in [6, 6.07) is 11.0. The summed E-state index contributed by atoms with van der Waals surface area (Å²) in [6.45, 7) is 9.89. The normalized spacial score (nSPS) is 10.6. The van der Waals surface area contributed by atoms with Crippen molar-refractivity contribution in [3.8, 4) is 0 Å². The molecule has 0 aliphatic heterocycles. The van der Waals surface area contributed by atoms with Crippen LogP contribution in [0.3, 0.4) is 0 Å². The zero-order valence-electron chi connectivity index (χ0n) is 16.5. The molecule has 8 heteroatoms. The predicted molar refractivity (Wildman–Crippen MR) is 109 cm³/mol. The third kappa shape index (κ3) is 4.46. The van der Waals surface area contributed by atoms with Gasteiger partial charge in [-0.2, -0.15) is 0 Å². The lowest BCUT2D eigenvalue weighted by molar-refractivity contribution is 0.102. The second-order valence-corrected chi connectivity index (χ2v) is 6.38. The molecule has 2 heterocycles. The molecule has 0 aliphatic rings. The van der Waals surface area contributed by atoms with E-state index in [1.165, 1.54) is 0 Å². The number of anilines is 4. The lowest BCUT2D eigenvalue weighted by atomic mass is 10.1. The van der Waals surface area contributed by atoms with Crippen molar-refractivity contribution >= 4 is 28.9 Å². The van der Waals surface area contributed by atoms with E-state index in [0.29, 0.717) is 17.4 Å². The fourth-order valence-electron chi connectivity index (χ4n) is 2.84. The molecule has 0 atom stereocenters. The molecule has 0 fully saturated rings. The molecule has 1 aromatic carbocycles. The van der Waals surface area contributed by atoms with Crippen LogP contribution in [0.5, 0.6) is 0 Å². The minimum Gasteiger partial charge on any atom is -0.372 e. The number of aromatic nitrogens is 3. The molecule has 1 amide bonds. The van der Waals surface area contributed by atoms with E-state index < -0.39 is 0 Å². The summed E-state index contributed by atoms with van der Waals surface area (Å²) >= 11 is 0. The van der Waals surface area contributed by atoms with Crippen molar-refractivity contribution in [1.82, 2.24) is 15.4 Å². The van der Waals surface area contributed by atoms with E-state index in [1.807, 2.05) is 19.1 Å². The third-order valence-electron chi connectivity index (χ3n) is 4.37. The fourth-order valence-corrected chi connectivity index (χ4v) is 2.84. The van der Waals surface area contributed by atoms with E-state index in [2.05, 4.69) is 50.8 Å². The fraction of sp³-hybridized carbons (Fsp3) is 0.300. The Hall–Kier alpha value is -3.42. The van der Waals surface area contributed by atoms with Crippen molar-refractivity contribution in [3.05, 3.63) is 53.4 Å². The highest BCUT2D eigenvalue weighted by Crippen LogP contribution is 2.23. The predicted octanol–water partition coefficient (Wildman–Crippen LogP) is 3.92. The van der Waals surface area contributed by atoms with Crippen LogP contribution in [0.25, 0.3) is 0 Å². The number of benzene rings is 1. The Labute approximate surface area is 163 Å². The van der Waals surface area contributed by atoms with Gasteiger partial charge in [0.2, 0.25) is 0 Å². The first-order valence-electron chi connectivity index (χ1n) is 9.21. The van der Waals surface area contributed by atoms with Crippen LogP contribution >= 0.6 is 0 Å². The van der Waals surface area contributed by atoms with Gasteiger partial charge in [0.1, 0.15) is 5.76 Å². The van der Waals surface area contributed by atoms with Crippen molar-refractivity contribution in [2.75, 3.05) is 28.6 Å². The first kappa shape index (κ1) is 19.3. The highest BCUT2D eigenvalue weighted by Gasteiger charge is 2.12. The van der Waals surface area contributed by atoms with E-state index >= 15 is 0 Å². The molecule has 28 heavy (non-hydrogen) atoms. The summed E-state index contributed by atoms with van der Waals surface area (Å²) < 4.78 is 4.99. The summed E-state index contributed by atoms with van der Waals surface area (Å²) in [5.74, 6) is 1.39. The maximum absolute atomic E-state index is 12.5. The molecule has 0 spiro atoms. The van der Waals surface area contributed by atoms with Gasteiger partial charge in [-0.1, -0.05) is 5.16 Å². The van der Waals surface area contributed by atoms with Gasteiger partial charge < -0.3 is 20.1 Å². The van der Waals surface area contributed by atoms with Gasteiger partial charge in [0.25, 0.3) is 5.91 Å². The summed E-state index contributed by atoms with van der Waals surface area (Å²) in [6.07, 6.45) is 0. The van der Waals surface area contributed by atoms with Crippen molar-refractivity contribution in [3.63, 3.8) is 0 Å². The maximum Gasteiger partial charge on any atom is 0.276 e. The number of hydrogen-bond acceptors (Lipinski definition) is 7. The Morgan fingerprint density at radius 3 is 2.39 bits per heavy atom. The zero-order chi connectivity index (χ0) is 20.1. The quantitative estimate of drug-likeness (QED) is 0.641. The molecule has 0 bridgehead atoms. The minimum atomic E-state index is -0.310. The van der Waals surface area contributed by atoms with Crippen molar-refractivity contribution in [2.24, 2.45) is 0 Å². The zero-order valence-corrected chi connectivity index (χ0v) is 16.5. The van der Waals surface area contributed by atoms with Crippen LogP contribution in [0.2, 0.25) is 0 Å². The average Bonchev–Trinajstić information content (AvgIpc) is 3.10. The van der Waals surface area contributed by atoms with Crippen LogP contribution in [-0.2, 0) is 0 Å². The van der Waals surface area contributed by atoms with Crippen LogP contribution in [0.1, 0.15) is 35.7 Å². The molecular formula is C20H24N6O2. The Balaban J connectivity index is 1.67. The monoisotopic (exact) mass is 380 g/mol. The van der Waals surface area contributed by atoms with Crippen LogP contribution in [0.15, 0.2) is 40.9 Å². The van der Waals surface area contributed by atoms with E-state index in [1.54, 1.807) is 25.1 Å². The molecule has 3 rings (SSSR count).